The van der Waals surface area contributed by atoms with E-state index in [0.717, 1.165) is 31.6 Å². The van der Waals surface area contributed by atoms with Crippen molar-refractivity contribution >= 4 is 5.97 Å². The molecule has 1 unspecified atom stereocenters. The molecule has 3 heteroatoms. The minimum atomic E-state index is -0.703. The summed E-state index contributed by atoms with van der Waals surface area (Å²) in [4.78, 5) is 10.9. The normalized spacial score (nSPS) is 32.3. The van der Waals surface area contributed by atoms with E-state index >= 15 is 0 Å². The van der Waals surface area contributed by atoms with Gasteiger partial charge in [0.05, 0.1) is 6.42 Å². The van der Waals surface area contributed by atoms with Crippen LogP contribution in [0.15, 0.2) is 0 Å². The topological polar surface area (TPSA) is 63.3 Å². The molecule has 0 radical (unpaired) electrons. The molecule has 0 aromatic rings. The summed E-state index contributed by atoms with van der Waals surface area (Å²) in [5, 5.41) is 8.99. The van der Waals surface area contributed by atoms with Gasteiger partial charge in [-0.1, -0.05) is 19.8 Å². The molecule has 1 aliphatic rings. The Labute approximate surface area is 98.4 Å². The van der Waals surface area contributed by atoms with Gasteiger partial charge in [0.1, 0.15) is 0 Å². The van der Waals surface area contributed by atoms with Gasteiger partial charge >= 0.3 is 5.97 Å². The van der Waals surface area contributed by atoms with Crippen molar-refractivity contribution in [3.8, 4) is 0 Å². The fourth-order valence-electron chi connectivity index (χ4n) is 3.04. The van der Waals surface area contributed by atoms with E-state index in [1.54, 1.807) is 0 Å². The maximum Gasteiger partial charge on any atom is 0.303 e. The van der Waals surface area contributed by atoms with Gasteiger partial charge in [-0.15, -0.1) is 0 Å². The highest BCUT2D eigenvalue weighted by Gasteiger charge is 2.39. The monoisotopic (exact) mass is 227 g/mol. The van der Waals surface area contributed by atoms with E-state index in [1.807, 2.05) is 6.92 Å². The van der Waals surface area contributed by atoms with Crippen molar-refractivity contribution in [2.75, 3.05) is 0 Å². The number of nitrogens with two attached hydrogens (primary N) is 1. The molecule has 0 saturated heterocycles. The molecule has 0 spiro atoms. The van der Waals surface area contributed by atoms with Gasteiger partial charge in [0.15, 0.2) is 0 Å². The highest BCUT2D eigenvalue weighted by Crippen LogP contribution is 2.44. The van der Waals surface area contributed by atoms with Crippen LogP contribution in [0.25, 0.3) is 0 Å². The summed E-state index contributed by atoms with van der Waals surface area (Å²) in [6, 6.07) is -0.00817. The van der Waals surface area contributed by atoms with Crippen LogP contribution in [0.2, 0.25) is 0 Å². The molecule has 0 aromatic carbocycles. The molecule has 1 aliphatic carbocycles. The second kappa shape index (κ2) is 5.67. The molecular weight excluding hydrogens is 202 g/mol. The Balaban J connectivity index is 2.59. The van der Waals surface area contributed by atoms with E-state index in [1.165, 1.54) is 12.8 Å². The fourth-order valence-corrected chi connectivity index (χ4v) is 3.04. The molecule has 16 heavy (non-hydrogen) atoms. The molecule has 0 bridgehead atoms. The fraction of sp³-hybridized carbons (Fsp3) is 0.923. The number of hydrogen-bond acceptors (Lipinski definition) is 2. The summed E-state index contributed by atoms with van der Waals surface area (Å²) in [7, 11) is 0. The summed E-state index contributed by atoms with van der Waals surface area (Å²) in [6.45, 7) is 4.17. The average Bonchev–Trinajstić information content (AvgIpc) is 2.20. The first-order valence-electron chi connectivity index (χ1n) is 6.47. The molecular formula is C13H25NO2. The lowest BCUT2D eigenvalue weighted by Crippen LogP contribution is -2.43. The van der Waals surface area contributed by atoms with Gasteiger partial charge in [-0.05, 0) is 43.9 Å². The quantitative estimate of drug-likeness (QED) is 0.759. The Morgan fingerprint density at radius 3 is 2.44 bits per heavy atom. The molecule has 3 nitrogen and oxygen atoms in total. The highest BCUT2D eigenvalue weighted by atomic mass is 16.4. The van der Waals surface area contributed by atoms with Crippen LogP contribution in [0.1, 0.15) is 58.8 Å². The lowest BCUT2D eigenvalue weighted by molar-refractivity contribution is -0.141. The zero-order valence-corrected chi connectivity index (χ0v) is 10.5. The molecule has 1 atom stereocenters. The highest BCUT2D eigenvalue weighted by molar-refractivity contribution is 5.67. The summed E-state index contributed by atoms with van der Waals surface area (Å²) >= 11 is 0. The summed E-state index contributed by atoms with van der Waals surface area (Å²) in [5.41, 5.74) is 5.86. The average molecular weight is 227 g/mol. The Morgan fingerprint density at radius 2 is 2.06 bits per heavy atom. The van der Waals surface area contributed by atoms with Crippen molar-refractivity contribution in [2.45, 2.75) is 64.8 Å². The van der Waals surface area contributed by atoms with Crippen molar-refractivity contribution in [3.05, 3.63) is 0 Å². The molecule has 0 heterocycles. The maximum absolute atomic E-state index is 10.9. The Morgan fingerprint density at radius 1 is 1.50 bits per heavy atom. The SMILES string of the molecule is CCCC1CCC(CC(=O)O)(C(C)N)CC1. The van der Waals surface area contributed by atoms with Crippen LogP contribution in [0.4, 0.5) is 0 Å². The number of rotatable bonds is 5. The van der Waals surface area contributed by atoms with Crippen molar-refractivity contribution < 1.29 is 9.90 Å². The first kappa shape index (κ1) is 13.5. The third-order valence-corrected chi connectivity index (χ3v) is 4.27. The molecule has 1 rings (SSSR count). The van der Waals surface area contributed by atoms with Gasteiger partial charge in [-0.2, -0.15) is 0 Å². The van der Waals surface area contributed by atoms with E-state index < -0.39 is 5.97 Å². The third-order valence-electron chi connectivity index (χ3n) is 4.27. The maximum atomic E-state index is 10.9. The number of carboxylic acids is 1. The Bertz CT molecular complexity index is 230. The molecule has 1 fully saturated rings. The predicted molar refractivity (Wildman–Crippen MR) is 65.2 cm³/mol. The van der Waals surface area contributed by atoms with Crippen molar-refractivity contribution in [1.29, 1.82) is 0 Å². The van der Waals surface area contributed by atoms with Crippen LogP contribution >= 0.6 is 0 Å². The van der Waals surface area contributed by atoms with Crippen LogP contribution in [0.3, 0.4) is 0 Å². The standard InChI is InChI=1S/C13H25NO2/c1-3-4-11-5-7-13(8-6-11,10(2)14)9-12(15)16/h10-11H,3-9,14H2,1-2H3,(H,15,16). The second-order valence-electron chi connectivity index (χ2n) is 5.45. The molecule has 0 aliphatic heterocycles. The smallest absolute Gasteiger partial charge is 0.303 e. The zero-order valence-electron chi connectivity index (χ0n) is 10.5. The first-order valence-corrected chi connectivity index (χ1v) is 6.47. The van der Waals surface area contributed by atoms with Gasteiger partial charge in [0.25, 0.3) is 0 Å². The minimum Gasteiger partial charge on any atom is -0.481 e. The zero-order chi connectivity index (χ0) is 12.2. The van der Waals surface area contributed by atoms with E-state index in [0.29, 0.717) is 0 Å². The van der Waals surface area contributed by atoms with E-state index in [4.69, 9.17) is 10.8 Å². The first-order chi connectivity index (χ1) is 7.50. The van der Waals surface area contributed by atoms with Crippen LogP contribution < -0.4 is 5.73 Å². The van der Waals surface area contributed by atoms with Crippen LogP contribution in [0.5, 0.6) is 0 Å². The van der Waals surface area contributed by atoms with Crippen molar-refractivity contribution in [3.63, 3.8) is 0 Å². The van der Waals surface area contributed by atoms with E-state index in [9.17, 15) is 4.79 Å². The molecule has 3 N–H and O–H groups in total. The number of hydrogen-bond donors (Lipinski definition) is 2. The van der Waals surface area contributed by atoms with Crippen molar-refractivity contribution in [1.82, 2.24) is 0 Å². The predicted octanol–water partition coefficient (Wildman–Crippen LogP) is 2.79. The lowest BCUT2D eigenvalue weighted by atomic mass is 9.64. The number of carbonyl (C=O) groups is 1. The number of aliphatic carboxylic acids is 1. The van der Waals surface area contributed by atoms with Gasteiger partial charge in [0.2, 0.25) is 0 Å². The largest absolute Gasteiger partial charge is 0.481 e. The van der Waals surface area contributed by atoms with Crippen LogP contribution in [0, 0.1) is 11.3 Å². The van der Waals surface area contributed by atoms with E-state index in [2.05, 4.69) is 6.92 Å². The Hall–Kier alpha value is -0.570. The molecule has 0 amide bonds. The van der Waals surface area contributed by atoms with Gasteiger partial charge in [-0.3, -0.25) is 4.79 Å². The summed E-state index contributed by atoms with van der Waals surface area (Å²) in [6.07, 6.45) is 7.04. The third kappa shape index (κ3) is 3.21. The minimum absolute atomic E-state index is 0.00817. The van der Waals surface area contributed by atoms with Crippen LogP contribution in [-0.4, -0.2) is 17.1 Å². The van der Waals surface area contributed by atoms with Crippen molar-refractivity contribution in [2.24, 2.45) is 17.1 Å². The van der Waals surface area contributed by atoms with Crippen LogP contribution in [-0.2, 0) is 4.79 Å². The van der Waals surface area contributed by atoms with Gasteiger partial charge < -0.3 is 10.8 Å². The number of carboxylic acid groups (broad SMARTS) is 1. The summed E-state index contributed by atoms with van der Waals surface area (Å²) < 4.78 is 0. The molecule has 0 aromatic heterocycles. The van der Waals surface area contributed by atoms with Gasteiger partial charge in [0, 0.05) is 6.04 Å². The molecule has 1 saturated carbocycles. The van der Waals surface area contributed by atoms with E-state index in [-0.39, 0.29) is 17.9 Å². The lowest BCUT2D eigenvalue weighted by Gasteiger charge is -2.42. The summed E-state index contributed by atoms with van der Waals surface area (Å²) in [5.74, 6) is 0.0944. The Kier molecular flexibility index (Phi) is 4.78. The molecule has 94 valence electrons. The second-order valence-corrected chi connectivity index (χ2v) is 5.45. The van der Waals surface area contributed by atoms with Gasteiger partial charge in [-0.25, -0.2) is 0 Å².